The van der Waals surface area contributed by atoms with Crippen molar-refractivity contribution < 1.29 is 8.78 Å². The molecule has 48 valence electrons. The van der Waals surface area contributed by atoms with Crippen molar-refractivity contribution in [2.24, 2.45) is 0 Å². The van der Waals surface area contributed by atoms with Gasteiger partial charge in [0.05, 0.1) is 6.04 Å². The van der Waals surface area contributed by atoms with Gasteiger partial charge in [-0.05, 0) is 6.92 Å². The van der Waals surface area contributed by atoms with Crippen molar-refractivity contribution in [2.45, 2.75) is 25.3 Å². The lowest BCUT2D eigenvalue weighted by Gasteiger charge is -2.12. The summed E-state index contributed by atoms with van der Waals surface area (Å²) in [7, 11) is 0. The van der Waals surface area contributed by atoms with Crippen LogP contribution in [0.4, 0.5) is 8.78 Å². The Labute approximate surface area is 47.1 Å². The van der Waals surface area contributed by atoms with E-state index in [1.807, 2.05) is 0 Å². The molecule has 1 N–H and O–H groups in total. The van der Waals surface area contributed by atoms with Gasteiger partial charge in [0.15, 0.2) is 0 Å². The lowest BCUT2D eigenvalue weighted by atomic mass is 10.2. The first kappa shape index (κ1) is 5.95. The zero-order valence-corrected chi connectivity index (χ0v) is 4.75. The molecule has 1 nitrogen and oxygen atoms in total. The van der Waals surface area contributed by atoms with E-state index >= 15 is 0 Å². The molecule has 1 fully saturated rings. The summed E-state index contributed by atoms with van der Waals surface area (Å²) in [4.78, 5) is 0. The normalized spacial score (nSPS) is 35.6. The van der Waals surface area contributed by atoms with Crippen LogP contribution in [0.25, 0.3) is 0 Å². The largest absolute Gasteiger partial charge is 0.309 e. The van der Waals surface area contributed by atoms with Crippen LogP contribution in [0, 0.1) is 0 Å². The third-order valence-electron chi connectivity index (χ3n) is 1.54. The van der Waals surface area contributed by atoms with E-state index in [1.165, 1.54) is 6.92 Å². The summed E-state index contributed by atoms with van der Waals surface area (Å²) < 4.78 is 24.6. The van der Waals surface area contributed by atoms with E-state index in [0.717, 1.165) is 0 Å². The molecule has 3 heteroatoms. The van der Waals surface area contributed by atoms with E-state index in [4.69, 9.17) is 0 Å². The van der Waals surface area contributed by atoms with E-state index < -0.39 is 12.0 Å². The highest BCUT2D eigenvalue weighted by atomic mass is 19.3. The summed E-state index contributed by atoms with van der Waals surface area (Å²) in [6.07, 6.45) is -0.00579. The topological polar surface area (TPSA) is 12.0 Å². The molecule has 1 heterocycles. The van der Waals surface area contributed by atoms with Crippen molar-refractivity contribution in [3.05, 3.63) is 0 Å². The number of nitrogens with one attached hydrogen (secondary N) is 1. The second kappa shape index (κ2) is 1.65. The van der Waals surface area contributed by atoms with Crippen LogP contribution in [0.1, 0.15) is 13.3 Å². The third kappa shape index (κ3) is 0.823. The minimum atomic E-state index is -2.46. The zero-order chi connectivity index (χ0) is 6.20. The van der Waals surface area contributed by atoms with Gasteiger partial charge in [0.1, 0.15) is 0 Å². The fourth-order valence-corrected chi connectivity index (χ4v) is 0.821. The second-order valence-corrected chi connectivity index (χ2v) is 2.19. The van der Waals surface area contributed by atoms with Gasteiger partial charge in [0, 0.05) is 13.0 Å². The molecule has 0 amide bonds. The van der Waals surface area contributed by atoms with Crippen molar-refractivity contribution in [2.75, 3.05) is 6.54 Å². The molecule has 0 aromatic carbocycles. The molecule has 0 radical (unpaired) electrons. The summed E-state index contributed by atoms with van der Waals surface area (Å²) in [5.41, 5.74) is 0. The smallest absolute Gasteiger partial charge is 0.264 e. The SMILES string of the molecule is C[C@H]1NCCC1(F)F. The third-order valence-corrected chi connectivity index (χ3v) is 1.54. The molecule has 1 rings (SSSR count). The summed E-state index contributed by atoms with van der Waals surface area (Å²) in [6.45, 7) is 1.96. The van der Waals surface area contributed by atoms with Crippen LogP contribution in [-0.4, -0.2) is 18.5 Å². The lowest BCUT2D eigenvalue weighted by Crippen LogP contribution is -2.31. The van der Waals surface area contributed by atoms with Gasteiger partial charge in [-0.3, -0.25) is 0 Å². The number of halogens is 2. The van der Waals surface area contributed by atoms with Crippen molar-refractivity contribution in [3.63, 3.8) is 0 Å². The Morgan fingerprint density at radius 3 is 2.38 bits per heavy atom. The molecule has 0 aromatic heterocycles. The summed E-state index contributed by atoms with van der Waals surface area (Å²) in [5.74, 6) is -2.46. The Balaban J connectivity index is 2.54. The molecule has 0 unspecified atom stereocenters. The average Bonchev–Trinajstić information content (AvgIpc) is 1.86. The Morgan fingerprint density at radius 1 is 1.62 bits per heavy atom. The van der Waals surface area contributed by atoms with E-state index in [9.17, 15) is 8.78 Å². The fourth-order valence-electron chi connectivity index (χ4n) is 0.821. The molecule has 1 aliphatic heterocycles. The Morgan fingerprint density at radius 2 is 2.25 bits per heavy atom. The van der Waals surface area contributed by atoms with E-state index in [0.29, 0.717) is 6.54 Å². The molecule has 0 spiro atoms. The molecule has 0 saturated carbocycles. The maximum atomic E-state index is 12.3. The predicted molar refractivity (Wildman–Crippen MR) is 27.0 cm³/mol. The van der Waals surface area contributed by atoms with Gasteiger partial charge in [-0.15, -0.1) is 0 Å². The molecule has 1 atom stereocenters. The minimum Gasteiger partial charge on any atom is -0.309 e. The monoisotopic (exact) mass is 121 g/mol. The fraction of sp³-hybridized carbons (Fsp3) is 1.00. The molecule has 0 aromatic rings. The highest BCUT2D eigenvalue weighted by Crippen LogP contribution is 2.26. The first-order chi connectivity index (χ1) is 3.63. The first-order valence-corrected chi connectivity index (χ1v) is 2.74. The van der Waals surface area contributed by atoms with Gasteiger partial charge in [-0.25, -0.2) is 8.78 Å². The Hall–Kier alpha value is -0.180. The molecule has 1 saturated heterocycles. The Bertz CT molecular complexity index is 92.4. The minimum absolute atomic E-state index is 0.00579. The molecular weight excluding hydrogens is 112 g/mol. The van der Waals surface area contributed by atoms with Gasteiger partial charge in [-0.2, -0.15) is 0 Å². The van der Waals surface area contributed by atoms with Gasteiger partial charge in [-0.1, -0.05) is 0 Å². The lowest BCUT2D eigenvalue weighted by molar-refractivity contribution is -0.00534. The van der Waals surface area contributed by atoms with Crippen molar-refractivity contribution in [1.82, 2.24) is 5.32 Å². The predicted octanol–water partition coefficient (Wildman–Crippen LogP) is 1.00. The standard InChI is InChI=1S/C5H9F2N/c1-4-5(6,7)2-3-8-4/h4,8H,2-3H2,1H3/t4-/m1/s1. The van der Waals surface area contributed by atoms with Crippen LogP contribution in [0.3, 0.4) is 0 Å². The van der Waals surface area contributed by atoms with Crippen LogP contribution in [0.5, 0.6) is 0 Å². The average molecular weight is 121 g/mol. The molecule has 8 heavy (non-hydrogen) atoms. The molecule has 1 aliphatic rings. The van der Waals surface area contributed by atoms with Gasteiger partial charge < -0.3 is 5.32 Å². The highest BCUT2D eigenvalue weighted by Gasteiger charge is 2.40. The quantitative estimate of drug-likeness (QED) is 0.504. The van der Waals surface area contributed by atoms with Gasteiger partial charge in [0.25, 0.3) is 5.92 Å². The maximum Gasteiger partial charge on any atom is 0.264 e. The highest BCUT2D eigenvalue weighted by molar-refractivity contribution is 4.86. The van der Waals surface area contributed by atoms with Gasteiger partial charge in [0.2, 0.25) is 0 Å². The van der Waals surface area contributed by atoms with Gasteiger partial charge >= 0.3 is 0 Å². The van der Waals surface area contributed by atoms with Crippen LogP contribution in [-0.2, 0) is 0 Å². The van der Waals surface area contributed by atoms with E-state index in [1.54, 1.807) is 0 Å². The number of alkyl halides is 2. The van der Waals surface area contributed by atoms with Crippen molar-refractivity contribution in [1.29, 1.82) is 0 Å². The van der Waals surface area contributed by atoms with E-state index in [2.05, 4.69) is 5.32 Å². The number of hydrogen-bond donors (Lipinski definition) is 1. The van der Waals surface area contributed by atoms with Crippen LogP contribution >= 0.6 is 0 Å². The van der Waals surface area contributed by atoms with Crippen molar-refractivity contribution >= 4 is 0 Å². The zero-order valence-electron chi connectivity index (χ0n) is 4.75. The van der Waals surface area contributed by atoms with Crippen LogP contribution in [0.2, 0.25) is 0 Å². The van der Waals surface area contributed by atoms with E-state index in [-0.39, 0.29) is 6.42 Å². The summed E-state index contributed by atoms with van der Waals surface area (Å²) in [6, 6.07) is -0.623. The molecule has 0 bridgehead atoms. The second-order valence-electron chi connectivity index (χ2n) is 2.19. The molecule has 0 aliphatic carbocycles. The summed E-state index contributed by atoms with van der Waals surface area (Å²) in [5, 5.41) is 2.66. The van der Waals surface area contributed by atoms with Crippen LogP contribution < -0.4 is 5.32 Å². The summed E-state index contributed by atoms with van der Waals surface area (Å²) >= 11 is 0. The molecular formula is C5H9F2N. The van der Waals surface area contributed by atoms with Crippen molar-refractivity contribution in [3.8, 4) is 0 Å². The Kier molecular flexibility index (Phi) is 1.23. The maximum absolute atomic E-state index is 12.3. The number of hydrogen-bond acceptors (Lipinski definition) is 1. The number of rotatable bonds is 0. The first-order valence-electron chi connectivity index (χ1n) is 2.74. The van der Waals surface area contributed by atoms with Crippen LogP contribution in [0.15, 0.2) is 0 Å².